The van der Waals surface area contributed by atoms with Crippen LogP contribution < -0.4 is 16.0 Å². The third-order valence-electron chi connectivity index (χ3n) is 5.16. The second-order valence-corrected chi connectivity index (χ2v) is 7.55. The average Bonchev–Trinajstić information content (AvgIpc) is 3.20. The van der Waals surface area contributed by atoms with Crippen molar-refractivity contribution in [1.29, 1.82) is 0 Å². The summed E-state index contributed by atoms with van der Waals surface area (Å²) in [5.74, 6) is 0.883. The first kappa shape index (κ1) is 22.5. The van der Waals surface area contributed by atoms with Gasteiger partial charge in [0.2, 0.25) is 5.91 Å². The fourth-order valence-electron chi connectivity index (χ4n) is 3.62. The molecule has 0 heterocycles. The Kier molecular flexibility index (Phi) is 8.30. The first-order valence-corrected chi connectivity index (χ1v) is 10.1. The van der Waals surface area contributed by atoms with Gasteiger partial charge in [-0.05, 0) is 37.5 Å². The van der Waals surface area contributed by atoms with E-state index in [0.29, 0.717) is 24.7 Å². The monoisotopic (exact) mass is 403 g/mol. The molecule has 0 unspecified atom stereocenters. The second kappa shape index (κ2) is 10.7. The third kappa shape index (κ3) is 6.37. The highest BCUT2D eigenvalue weighted by Gasteiger charge is 2.42. The number of hydrogen-bond acceptors (Lipinski definition) is 4. The van der Waals surface area contributed by atoms with Gasteiger partial charge in [0, 0.05) is 32.9 Å². The molecule has 0 radical (unpaired) electrons. The number of benzene rings is 1. The molecule has 1 aliphatic carbocycles. The summed E-state index contributed by atoms with van der Waals surface area (Å²) in [6.07, 6.45) is 3.49. The summed E-state index contributed by atoms with van der Waals surface area (Å²) in [5.41, 5.74) is 1.33. The molecule has 3 N–H and O–H groups in total. The molecule has 1 saturated carbocycles. The zero-order chi connectivity index (χ0) is 21.3. The van der Waals surface area contributed by atoms with E-state index in [2.05, 4.69) is 25.7 Å². The van der Waals surface area contributed by atoms with E-state index in [1.165, 1.54) is 7.11 Å². The molecule has 0 aliphatic heterocycles. The van der Waals surface area contributed by atoms with Crippen LogP contribution in [-0.4, -0.2) is 57.2 Å². The number of anilines is 1. The molecule has 1 aromatic carbocycles. The van der Waals surface area contributed by atoms with Crippen LogP contribution >= 0.6 is 0 Å². The van der Waals surface area contributed by atoms with Gasteiger partial charge in [0.1, 0.15) is 0 Å². The van der Waals surface area contributed by atoms with Crippen molar-refractivity contribution in [3.63, 3.8) is 0 Å². The Bertz CT molecular complexity index is 710. The number of amides is 2. The second-order valence-electron chi connectivity index (χ2n) is 7.55. The van der Waals surface area contributed by atoms with Gasteiger partial charge >= 0.3 is 6.09 Å². The van der Waals surface area contributed by atoms with Gasteiger partial charge in [-0.2, -0.15) is 0 Å². The summed E-state index contributed by atoms with van der Waals surface area (Å²) in [4.78, 5) is 30.3. The number of methoxy groups -OCH3 is 1. The van der Waals surface area contributed by atoms with Crippen LogP contribution in [0.25, 0.3) is 0 Å². The minimum absolute atomic E-state index is 0.187. The minimum atomic E-state index is -0.498. The average molecular weight is 404 g/mol. The van der Waals surface area contributed by atoms with Crippen LogP contribution in [-0.2, 0) is 16.1 Å². The van der Waals surface area contributed by atoms with Gasteiger partial charge in [-0.1, -0.05) is 25.0 Å². The van der Waals surface area contributed by atoms with Crippen molar-refractivity contribution in [1.82, 2.24) is 15.5 Å². The van der Waals surface area contributed by atoms with Gasteiger partial charge in [0.25, 0.3) is 0 Å². The number of aliphatic imine (C=N–C) groups is 1. The van der Waals surface area contributed by atoms with Crippen molar-refractivity contribution in [3.05, 3.63) is 29.8 Å². The molecule has 0 bridgehead atoms. The normalized spacial score (nSPS) is 15.5. The Hall–Kier alpha value is -2.77. The Labute approximate surface area is 173 Å². The van der Waals surface area contributed by atoms with E-state index in [4.69, 9.17) is 0 Å². The van der Waals surface area contributed by atoms with E-state index in [0.717, 1.165) is 37.8 Å². The number of rotatable bonds is 7. The van der Waals surface area contributed by atoms with Gasteiger partial charge < -0.3 is 20.3 Å². The van der Waals surface area contributed by atoms with Gasteiger partial charge in [0.15, 0.2) is 5.96 Å². The lowest BCUT2D eigenvalue weighted by Gasteiger charge is -2.31. The van der Waals surface area contributed by atoms with Gasteiger partial charge in [-0.25, -0.2) is 9.79 Å². The Balaban J connectivity index is 2.00. The highest BCUT2D eigenvalue weighted by molar-refractivity contribution is 5.85. The molecule has 2 rings (SSSR count). The summed E-state index contributed by atoms with van der Waals surface area (Å²) in [6, 6.07) is 7.44. The Morgan fingerprint density at radius 1 is 1.14 bits per heavy atom. The van der Waals surface area contributed by atoms with Crippen molar-refractivity contribution < 1.29 is 14.3 Å². The maximum absolute atomic E-state index is 12.7. The zero-order valence-electron chi connectivity index (χ0n) is 17.9. The van der Waals surface area contributed by atoms with Gasteiger partial charge in [-0.15, -0.1) is 0 Å². The molecule has 1 aromatic rings. The summed E-state index contributed by atoms with van der Waals surface area (Å²) >= 11 is 0. The van der Waals surface area contributed by atoms with Crippen LogP contribution in [0.2, 0.25) is 0 Å². The highest BCUT2D eigenvalue weighted by Crippen LogP contribution is 2.38. The third-order valence-corrected chi connectivity index (χ3v) is 5.16. The van der Waals surface area contributed by atoms with Gasteiger partial charge in [0.05, 0.1) is 19.1 Å². The van der Waals surface area contributed by atoms with Crippen molar-refractivity contribution >= 4 is 23.6 Å². The molecule has 2 amide bonds. The van der Waals surface area contributed by atoms with Crippen LogP contribution in [0.1, 0.15) is 38.2 Å². The number of carbonyl (C=O) groups is 2. The molecule has 8 heteroatoms. The van der Waals surface area contributed by atoms with Crippen LogP contribution in [0, 0.1) is 5.41 Å². The van der Waals surface area contributed by atoms with Crippen LogP contribution in [0.15, 0.2) is 29.3 Å². The SMILES string of the molecule is CCNC(=NCc1ccc(NC(=O)OC)cc1)NCC1(C(=O)N(C)C)CCCC1. The van der Waals surface area contributed by atoms with Crippen molar-refractivity contribution in [2.45, 2.75) is 39.2 Å². The minimum Gasteiger partial charge on any atom is -0.453 e. The fourth-order valence-corrected chi connectivity index (χ4v) is 3.62. The Morgan fingerprint density at radius 2 is 1.79 bits per heavy atom. The first-order valence-electron chi connectivity index (χ1n) is 10.1. The fraction of sp³-hybridized carbons (Fsp3) is 0.571. The first-order chi connectivity index (χ1) is 13.9. The molecule has 0 spiro atoms. The zero-order valence-corrected chi connectivity index (χ0v) is 17.9. The lowest BCUT2D eigenvalue weighted by atomic mass is 9.84. The Morgan fingerprint density at radius 3 is 2.34 bits per heavy atom. The molecular weight excluding hydrogens is 370 g/mol. The molecule has 29 heavy (non-hydrogen) atoms. The highest BCUT2D eigenvalue weighted by atomic mass is 16.5. The lowest BCUT2D eigenvalue weighted by molar-refractivity contribution is -0.138. The quantitative estimate of drug-likeness (QED) is 0.480. The van der Waals surface area contributed by atoms with Crippen LogP contribution in [0.5, 0.6) is 0 Å². The summed E-state index contributed by atoms with van der Waals surface area (Å²) in [5, 5.41) is 9.24. The van der Waals surface area contributed by atoms with E-state index >= 15 is 0 Å². The lowest BCUT2D eigenvalue weighted by Crippen LogP contribution is -2.49. The molecule has 1 aliphatic rings. The number of ether oxygens (including phenoxy) is 1. The summed E-state index contributed by atoms with van der Waals surface area (Å²) in [6.45, 7) is 3.82. The standard InChI is InChI=1S/C21H33N5O3/c1-5-22-19(24-15-21(12-6-7-13-21)18(27)26(2)3)23-14-16-8-10-17(11-9-16)25-20(28)29-4/h8-11H,5-7,12-15H2,1-4H3,(H,25,28)(H2,22,23,24). The summed E-state index contributed by atoms with van der Waals surface area (Å²) in [7, 11) is 4.97. The molecular formula is C21H33N5O3. The number of carbonyl (C=O) groups excluding carboxylic acids is 2. The molecule has 0 atom stereocenters. The van der Waals surface area contributed by atoms with Crippen molar-refractivity contribution in [3.8, 4) is 0 Å². The predicted octanol–water partition coefficient (Wildman–Crippen LogP) is 2.57. The van der Waals surface area contributed by atoms with E-state index < -0.39 is 6.09 Å². The van der Waals surface area contributed by atoms with E-state index in [1.54, 1.807) is 4.90 Å². The van der Waals surface area contributed by atoms with E-state index in [1.807, 2.05) is 45.3 Å². The number of hydrogen-bond donors (Lipinski definition) is 3. The molecule has 8 nitrogen and oxygen atoms in total. The predicted molar refractivity (Wildman–Crippen MR) is 115 cm³/mol. The van der Waals surface area contributed by atoms with E-state index in [9.17, 15) is 9.59 Å². The van der Waals surface area contributed by atoms with Crippen LogP contribution in [0.3, 0.4) is 0 Å². The number of guanidine groups is 1. The topological polar surface area (TPSA) is 95.1 Å². The largest absolute Gasteiger partial charge is 0.453 e. The smallest absolute Gasteiger partial charge is 0.411 e. The molecule has 0 saturated heterocycles. The number of nitrogens with one attached hydrogen (secondary N) is 3. The van der Waals surface area contributed by atoms with Crippen LogP contribution in [0.4, 0.5) is 10.5 Å². The van der Waals surface area contributed by atoms with Gasteiger partial charge in [-0.3, -0.25) is 10.1 Å². The maximum atomic E-state index is 12.7. The number of nitrogens with zero attached hydrogens (tertiary/aromatic N) is 2. The molecule has 0 aromatic heterocycles. The van der Waals surface area contributed by atoms with Crippen molar-refractivity contribution in [2.75, 3.05) is 39.6 Å². The molecule has 1 fully saturated rings. The maximum Gasteiger partial charge on any atom is 0.411 e. The van der Waals surface area contributed by atoms with E-state index in [-0.39, 0.29) is 11.3 Å². The molecule has 160 valence electrons. The summed E-state index contributed by atoms with van der Waals surface area (Å²) < 4.78 is 4.58. The van der Waals surface area contributed by atoms with Crippen molar-refractivity contribution in [2.24, 2.45) is 10.4 Å².